The Kier molecular flexibility index (Phi) is 4.14. The molecular weight excluding hydrogens is 212 g/mol. The van der Waals surface area contributed by atoms with Crippen molar-refractivity contribution < 1.29 is 8.42 Å². The van der Waals surface area contributed by atoms with Crippen molar-refractivity contribution in [3.05, 3.63) is 0 Å². The number of hydrogen-bond acceptors (Lipinski definition) is 3. The molecule has 0 bridgehead atoms. The standard InChI is InChI=1S/C10H22N2O2S/c1-10(2)5-3-7-12(9-10)15(13,14)8-4-6-11/h3-9,11H2,1-2H3. The number of hydrogen-bond donors (Lipinski definition) is 1. The van der Waals surface area contributed by atoms with Crippen LogP contribution in [0.1, 0.15) is 33.1 Å². The van der Waals surface area contributed by atoms with E-state index in [1.165, 1.54) is 0 Å². The van der Waals surface area contributed by atoms with Gasteiger partial charge in [0.15, 0.2) is 0 Å². The van der Waals surface area contributed by atoms with E-state index in [9.17, 15) is 8.42 Å². The van der Waals surface area contributed by atoms with Gasteiger partial charge in [0.05, 0.1) is 5.75 Å². The summed E-state index contributed by atoms with van der Waals surface area (Å²) >= 11 is 0. The van der Waals surface area contributed by atoms with Crippen LogP contribution in [0.5, 0.6) is 0 Å². The van der Waals surface area contributed by atoms with Crippen molar-refractivity contribution in [2.24, 2.45) is 11.1 Å². The molecule has 0 aromatic heterocycles. The van der Waals surface area contributed by atoms with E-state index in [0.29, 0.717) is 26.1 Å². The molecule has 1 aliphatic rings. The fraction of sp³-hybridized carbons (Fsp3) is 1.00. The zero-order valence-electron chi connectivity index (χ0n) is 9.70. The summed E-state index contributed by atoms with van der Waals surface area (Å²) < 4.78 is 25.4. The third-order valence-corrected chi connectivity index (χ3v) is 4.77. The van der Waals surface area contributed by atoms with Crippen molar-refractivity contribution in [1.82, 2.24) is 4.31 Å². The molecule has 0 aromatic carbocycles. The summed E-state index contributed by atoms with van der Waals surface area (Å²) in [5, 5.41) is 0. The van der Waals surface area contributed by atoms with E-state index in [-0.39, 0.29) is 11.2 Å². The van der Waals surface area contributed by atoms with Gasteiger partial charge in [0.1, 0.15) is 0 Å². The molecule has 0 aromatic rings. The van der Waals surface area contributed by atoms with Crippen LogP contribution < -0.4 is 5.73 Å². The number of rotatable bonds is 4. The highest BCUT2D eigenvalue weighted by Crippen LogP contribution is 2.29. The predicted octanol–water partition coefficient (Wildman–Crippen LogP) is 0.787. The summed E-state index contributed by atoms with van der Waals surface area (Å²) in [4.78, 5) is 0. The van der Waals surface area contributed by atoms with Crippen molar-refractivity contribution in [2.45, 2.75) is 33.1 Å². The summed E-state index contributed by atoms with van der Waals surface area (Å²) in [7, 11) is -3.06. The lowest BCUT2D eigenvalue weighted by Gasteiger charge is -2.37. The number of piperidine rings is 1. The maximum absolute atomic E-state index is 11.9. The minimum atomic E-state index is -3.06. The van der Waals surface area contributed by atoms with Gasteiger partial charge in [-0.1, -0.05) is 13.8 Å². The molecule has 0 atom stereocenters. The highest BCUT2D eigenvalue weighted by molar-refractivity contribution is 7.89. The molecule has 0 unspecified atom stereocenters. The molecule has 0 aliphatic carbocycles. The summed E-state index contributed by atoms with van der Waals surface area (Å²) in [6, 6.07) is 0. The van der Waals surface area contributed by atoms with E-state index in [1.54, 1.807) is 4.31 Å². The molecule has 5 heteroatoms. The summed E-state index contributed by atoms with van der Waals surface area (Å²) in [5.74, 6) is 0.194. The van der Waals surface area contributed by atoms with Crippen LogP contribution in [-0.4, -0.2) is 38.1 Å². The third kappa shape index (κ3) is 3.74. The zero-order chi connectivity index (χ0) is 11.5. The van der Waals surface area contributed by atoms with Crippen molar-refractivity contribution >= 4 is 10.0 Å². The van der Waals surface area contributed by atoms with Gasteiger partial charge in [0.2, 0.25) is 10.0 Å². The number of nitrogens with two attached hydrogens (primary N) is 1. The molecule has 0 saturated carbocycles. The Bertz CT molecular complexity index is 299. The molecule has 15 heavy (non-hydrogen) atoms. The molecule has 1 heterocycles. The summed E-state index contributed by atoms with van der Waals surface area (Å²) in [6.07, 6.45) is 2.63. The lowest BCUT2D eigenvalue weighted by Crippen LogP contribution is -2.44. The fourth-order valence-electron chi connectivity index (χ4n) is 2.00. The molecule has 1 fully saturated rings. The highest BCUT2D eigenvalue weighted by atomic mass is 32.2. The maximum atomic E-state index is 11.9. The van der Waals surface area contributed by atoms with Crippen molar-refractivity contribution in [3.8, 4) is 0 Å². The van der Waals surface area contributed by atoms with E-state index in [4.69, 9.17) is 5.73 Å². The van der Waals surface area contributed by atoms with Gasteiger partial charge in [-0.05, 0) is 31.2 Å². The molecule has 1 rings (SSSR count). The van der Waals surface area contributed by atoms with Gasteiger partial charge >= 0.3 is 0 Å². The number of nitrogens with zero attached hydrogens (tertiary/aromatic N) is 1. The van der Waals surface area contributed by atoms with Crippen LogP contribution in [-0.2, 0) is 10.0 Å². The van der Waals surface area contributed by atoms with Gasteiger partial charge in [0.25, 0.3) is 0 Å². The smallest absolute Gasteiger partial charge is 0.214 e. The first kappa shape index (κ1) is 12.9. The molecule has 4 nitrogen and oxygen atoms in total. The van der Waals surface area contributed by atoms with E-state index in [0.717, 1.165) is 12.8 Å². The minimum Gasteiger partial charge on any atom is -0.330 e. The second-order valence-corrected chi connectivity index (χ2v) is 7.15. The average Bonchev–Trinajstić information content (AvgIpc) is 2.13. The lowest BCUT2D eigenvalue weighted by atomic mass is 9.85. The van der Waals surface area contributed by atoms with Crippen LogP contribution in [0.2, 0.25) is 0 Å². The first-order valence-electron chi connectivity index (χ1n) is 5.55. The van der Waals surface area contributed by atoms with Gasteiger partial charge in [-0.15, -0.1) is 0 Å². The van der Waals surface area contributed by atoms with E-state index in [1.807, 2.05) is 0 Å². The summed E-state index contributed by atoms with van der Waals surface area (Å²) in [6.45, 7) is 6.02. The Morgan fingerprint density at radius 3 is 2.60 bits per heavy atom. The summed E-state index contributed by atoms with van der Waals surface area (Å²) in [5.41, 5.74) is 5.45. The van der Waals surface area contributed by atoms with Crippen LogP contribution in [0.15, 0.2) is 0 Å². The molecule has 0 amide bonds. The van der Waals surface area contributed by atoms with Crippen molar-refractivity contribution in [3.63, 3.8) is 0 Å². The molecule has 0 radical (unpaired) electrons. The Morgan fingerprint density at radius 2 is 2.07 bits per heavy atom. The van der Waals surface area contributed by atoms with Crippen molar-refractivity contribution in [1.29, 1.82) is 0 Å². The van der Waals surface area contributed by atoms with Crippen molar-refractivity contribution in [2.75, 3.05) is 25.4 Å². The average molecular weight is 234 g/mol. The molecule has 2 N–H and O–H groups in total. The van der Waals surface area contributed by atoms with E-state index in [2.05, 4.69) is 13.8 Å². The van der Waals surface area contributed by atoms with Gasteiger partial charge in [0, 0.05) is 13.1 Å². The minimum absolute atomic E-state index is 0.119. The Labute approximate surface area is 92.9 Å². The molecule has 90 valence electrons. The SMILES string of the molecule is CC1(C)CCCN(S(=O)(=O)CCCN)C1. The molecular formula is C10H22N2O2S. The first-order chi connectivity index (χ1) is 6.87. The first-order valence-corrected chi connectivity index (χ1v) is 7.16. The largest absolute Gasteiger partial charge is 0.330 e. The van der Waals surface area contributed by atoms with Gasteiger partial charge in [-0.3, -0.25) is 0 Å². The van der Waals surface area contributed by atoms with Crippen LogP contribution in [0, 0.1) is 5.41 Å². The molecule has 1 saturated heterocycles. The van der Waals surface area contributed by atoms with Crippen LogP contribution in [0.3, 0.4) is 0 Å². The second kappa shape index (κ2) is 4.80. The molecule has 0 spiro atoms. The normalized spacial score (nSPS) is 22.9. The second-order valence-electron chi connectivity index (χ2n) is 5.06. The Hall–Kier alpha value is -0.130. The fourth-order valence-corrected chi connectivity index (χ4v) is 3.74. The Balaban J connectivity index is 2.63. The topological polar surface area (TPSA) is 63.4 Å². The quantitative estimate of drug-likeness (QED) is 0.782. The molecule has 1 aliphatic heterocycles. The van der Waals surface area contributed by atoms with E-state index < -0.39 is 10.0 Å². The predicted molar refractivity (Wildman–Crippen MR) is 62.0 cm³/mol. The van der Waals surface area contributed by atoms with Gasteiger partial charge in [-0.25, -0.2) is 12.7 Å². The zero-order valence-corrected chi connectivity index (χ0v) is 10.5. The highest BCUT2D eigenvalue weighted by Gasteiger charge is 2.32. The van der Waals surface area contributed by atoms with Crippen LogP contribution >= 0.6 is 0 Å². The van der Waals surface area contributed by atoms with E-state index >= 15 is 0 Å². The monoisotopic (exact) mass is 234 g/mol. The number of sulfonamides is 1. The van der Waals surface area contributed by atoms with Gasteiger partial charge in [-0.2, -0.15) is 0 Å². The third-order valence-electron chi connectivity index (χ3n) is 2.87. The van der Waals surface area contributed by atoms with Crippen LogP contribution in [0.25, 0.3) is 0 Å². The van der Waals surface area contributed by atoms with Gasteiger partial charge < -0.3 is 5.73 Å². The lowest BCUT2D eigenvalue weighted by molar-refractivity contribution is 0.187. The Morgan fingerprint density at radius 1 is 1.40 bits per heavy atom. The maximum Gasteiger partial charge on any atom is 0.214 e. The van der Waals surface area contributed by atoms with Crippen LogP contribution in [0.4, 0.5) is 0 Å².